The number of halogens is 1. The summed E-state index contributed by atoms with van der Waals surface area (Å²) in [5.41, 5.74) is 6.25. The first-order valence-electron chi connectivity index (χ1n) is 5.03. The molecule has 5 heteroatoms. The number of carbonyl (C=O) groups is 1. The number of nitrogens with two attached hydrogens (primary N) is 1. The SMILES string of the molecule is CCNC(=O)C(C)Oc1cc(N)cc(Br)c1. The predicted molar refractivity (Wildman–Crippen MR) is 67.3 cm³/mol. The van der Waals surface area contributed by atoms with Gasteiger partial charge in [0.1, 0.15) is 5.75 Å². The topological polar surface area (TPSA) is 64.3 Å². The van der Waals surface area contributed by atoms with Crippen molar-refractivity contribution in [3.63, 3.8) is 0 Å². The van der Waals surface area contributed by atoms with E-state index in [0.29, 0.717) is 18.0 Å². The largest absolute Gasteiger partial charge is 0.481 e. The summed E-state index contributed by atoms with van der Waals surface area (Å²) in [5.74, 6) is 0.437. The van der Waals surface area contributed by atoms with Gasteiger partial charge in [-0.1, -0.05) is 15.9 Å². The van der Waals surface area contributed by atoms with Gasteiger partial charge in [0.25, 0.3) is 5.91 Å². The molecule has 0 aliphatic carbocycles. The first-order valence-corrected chi connectivity index (χ1v) is 5.82. The van der Waals surface area contributed by atoms with Crippen LogP contribution in [0.4, 0.5) is 5.69 Å². The van der Waals surface area contributed by atoms with Crippen LogP contribution in [0.15, 0.2) is 22.7 Å². The van der Waals surface area contributed by atoms with Crippen molar-refractivity contribution < 1.29 is 9.53 Å². The highest BCUT2D eigenvalue weighted by atomic mass is 79.9. The van der Waals surface area contributed by atoms with E-state index in [1.54, 1.807) is 25.1 Å². The number of rotatable bonds is 4. The lowest BCUT2D eigenvalue weighted by molar-refractivity contribution is -0.127. The summed E-state index contributed by atoms with van der Waals surface area (Å²) < 4.78 is 6.29. The molecule has 0 aromatic heterocycles. The normalized spacial score (nSPS) is 11.9. The van der Waals surface area contributed by atoms with Crippen LogP contribution in [-0.4, -0.2) is 18.6 Å². The molecule has 0 heterocycles. The lowest BCUT2D eigenvalue weighted by atomic mass is 10.3. The Labute approximate surface area is 103 Å². The second-order valence-corrected chi connectivity index (χ2v) is 4.29. The van der Waals surface area contributed by atoms with Crippen molar-refractivity contribution in [2.75, 3.05) is 12.3 Å². The third kappa shape index (κ3) is 3.73. The van der Waals surface area contributed by atoms with Gasteiger partial charge in [-0.2, -0.15) is 0 Å². The third-order valence-electron chi connectivity index (χ3n) is 1.93. The fourth-order valence-corrected chi connectivity index (χ4v) is 1.72. The van der Waals surface area contributed by atoms with Crippen LogP contribution in [0.2, 0.25) is 0 Å². The lowest BCUT2D eigenvalue weighted by Crippen LogP contribution is -2.36. The molecule has 1 amide bonds. The van der Waals surface area contributed by atoms with Gasteiger partial charge in [-0.05, 0) is 26.0 Å². The van der Waals surface area contributed by atoms with Crippen molar-refractivity contribution in [2.24, 2.45) is 0 Å². The van der Waals surface area contributed by atoms with E-state index in [1.807, 2.05) is 6.92 Å². The molecule has 0 radical (unpaired) electrons. The number of carbonyl (C=O) groups excluding carboxylic acids is 1. The molecule has 0 spiro atoms. The fraction of sp³-hybridized carbons (Fsp3) is 0.364. The molecule has 0 aliphatic rings. The maximum absolute atomic E-state index is 11.4. The van der Waals surface area contributed by atoms with Gasteiger partial charge in [0, 0.05) is 22.8 Å². The zero-order chi connectivity index (χ0) is 12.1. The van der Waals surface area contributed by atoms with E-state index in [2.05, 4.69) is 21.2 Å². The van der Waals surface area contributed by atoms with E-state index in [9.17, 15) is 4.79 Å². The summed E-state index contributed by atoms with van der Waals surface area (Å²) >= 11 is 3.31. The monoisotopic (exact) mass is 286 g/mol. The highest BCUT2D eigenvalue weighted by molar-refractivity contribution is 9.10. The van der Waals surface area contributed by atoms with Gasteiger partial charge < -0.3 is 15.8 Å². The minimum Gasteiger partial charge on any atom is -0.481 e. The second-order valence-electron chi connectivity index (χ2n) is 3.37. The zero-order valence-electron chi connectivity index (χ0n) is 9.29. The number of nitrogens with one attached hydrogen (secondary N) is 1. The maximum Gasteiger partial charge on any atom is 0.260 e. The van der Waals surface area contributed by atoms with Crippen molar-refractivity contribution in [2.45, 2.75) is 20.0 Å². The van der Waals surface area contributed by atoms with Crippen LogP contribution in [-0.2, 0) is 4.79 Å². The number of benzene rings is 1. The number of nitrogen functional groups attached to an aromatic ring is 1. The molecule has 0 saturated carbocycles. The molecule has 4 nitrogen and oxygen atoms in total. The highest BCUT2D eigenvalue weighted by Crippen LogP contribution is 2.23. The van der Waals surface area contributed by atoms with Crippen molar-refractivity contribution in [1.82, 2.24) is 5.32 Å². The van der Waals surface area contributed by atoms with E-state index < -0.39 is 6.10 Å². The fourth-order valence-electron chi connectivity index (χ4n) is 1.23. The van der Waals surface area contributed by atoms with E-state index >= 15 is 0 Å². The van der Waals surface area contributed by atoms with Gasteiger partial charge >= 0.3 is 0 Å². The number of amides is 1. The van der Waals surface area contributed by atoms with E-state index in [4.69, 9.17) is 10.5 Å². The van der Waals surface area contributed by atoms with Crippen LogP contribution in [0, 0.1) is 0 Å². The summed E-state index contributed by atoms with van der Waals surface area (Å²) in [5, 5.41) is 2.69. The Morgan fingerprint density at radius 3 is 2.81 bits per heavy atom. The zero-order valence-corrected chi connectivity index (χ0v) is 10.9. The number of ether oxygens (including phenoxy) is 1. The molecule has 1 atom stereocenters. The Morgan fingerprint density at radius 1 is 1.56 bits per heavy atom. The number of likely N-dealkylation sites (N-methyl/N-ethyl adjacent to an activating group) is 1. The van der Waals surface area contributed by atoms with Gasteiger partial charge in [-0.15, -0.1) is 0 Å². The van der Waals surface area contributed by atoms with Crippen molar-refractivity contribution in [1.29, 1.82) is 0 Å². The summed E-state index contributed by atoms with van der Waals surface area (Å²) in [4.78, 5) is 11.4. The van der Waals surface area contributed by atoms with Crippen molar-refractivity contribution in [3.05, 3.63) is 22.7 Å². The number of hydrogen-bond acceptors (Lipinski definition) is 3. The lowest BCUT2D eigenvalue weighted by Gasteiger charge is -2.14. The average Bonchev–Trinajstić information content (AvgIpc) is 2.16. The first kappa shape index (κ1) is 12.8. The van der Waals surface area contributed by atoms with E-state index in [-0.39, 0.29) is 5.91 Å². The molecule has 0 bridgehead atoms. The molecule has 1 aromatic rings. The second kappa shape index (κ2) is 5.75. The van der Waals surface area contributed by atoms with Crippen molar-refractivity contribution in [3.8, 4) is 5.75 Å². The maximum atomic E-state index is 11.4. The van der Waals surface area contributed by atoms with Gasteiger partial charge in [-0.25, -0.2) is 0 Å². The van der Waals surface area contributed by atoms with Crippen LogP contribution in [0.3, 0.4) is 0 Å². The quantitative estimate of drug-likeness (QED) is 0.832. The van der Waals surface area contributed by atoms with Gasteiger partial charge in [-0.3, -0.25) is 4.79 Å². The average molecular weight is 287 g/mol. The van der Waals surface area contributed by atoms with Gasteiger partial charge in [0.2, 0.25) is 0 Å². The number of anilines is 1. The summed E-state index contributed by atoms with van der Waals surface area (Å²) in [6, 6.07) is 5.22. The molecule has 16 heavy (non-hydrogen) atoms. The molecular weight excluding hydrogens is 272 g/mol. The molecular formula is C11H15BrN2O2. The predicted octanol–water partition coefficient (Wildman–Crippen LogP) is 1.93. The Hall–Kier alpha value is -1.23. The Balaban J connectivity index is 2.69. The molecule has 0 aliphatic heterocycles. The smallest absolute Gasteiger partial charge is 0.260 e. The molecule has 1 rings (SSSR count). The van der Waals surface area contributed by atoms with Crippen LogP contribution in [0.1, 0.15) is 13.8 Å². The Kier molecular flexibility index (Phi) is 4.61. The molecule has 0 saturated heterocycles. The minimum atomic E-state index is -0.534. The van der Waals surface area contributed by atoms with Crippen LogP contribution >= 0.6 is 15.9 Å². The van der Waals surface area contributed by atoms with E-state index in [0.717, 1.165) is 4.47 Å². The van der Waals surface area contributed by atoms with Gasteiger partial charge in [0.05, 0.1) is 0 Å². The Bertz CT molecular complexity index is 362. The Morgan fingerprint density at radius 2 is 2.25 bits per heavy atom. The summed E-state index contributed by atoms with van der Waals surface area (Å²) in [6.07, 6.45) is -0.534. The van der Waals surface area contributed by atoms with E-state index in [1.165, 1.54) is 0 Å². The molecule has 0 fully saturated rings. The first-order chi connectivity index (χ1) is 7.52. The molecule has 1 aromatic carbocycles. The standard InChI is InChI=1S/C11H15BrN2O2/c1-3-14-11(15)7(2)16-10-5-8(12)4-9(13)6-10/h4-7H,3,13H2,1-2H3,(H,14,15). The van der Waals surface area contributed by atoms with Crippen molar-refractivity contribution >= 4 is 27.5 Å². The highest BCUT2D eigenvalue weighted by Gasteiger charge is 2.13. The number of hydrogen-bond donors (Lipinski definition) is 2. The summed E-state index contributed by atoms with van der Waals surface area (Å²) in [6.45, 7) is 4.15. The van der Waals surface area contributed by atoms with Gasteiger partial charge in [0.15, 0.2) is 6.10 Å². The molecule has 3 N–H and O–H groups in total. The van der Waals surface area contributed by atoms with Crippen LogP contribution in [0.5, 0.6) is 5.75 Å². The molecule has 1 unspecified atom stereocenters. The van der Waals surface area contributed by atoms with Crippen LogP contribution in [0.25, 0.3) is 0 Å². The minimum absolute atomic E-state index is 0.138. The van der Waals surface area contributed by atoms with Crippen LogP contribution < -0.4 is 15.8 Å². The molecule has 88 valence electrons. The summed E-state index contributed by atoms with van der Waals surface area (Å²) in [7, 11) is 0. The third-order valence-corrected chi connectivity index (χ3v) is 2.38.